The average Bonchev–Trinajstić information content (AvgIpc) is 3.27. The molecule has 188 valence electrons. The highest BCUT2D eigenvalue weighted by Gasteiger charge is 2.51. The molecule has 7 heteroatoms. The number of aryl methyl sites for hydroxylation is 1. The number of benzene rings is 2. The lowest BCUT2D eigenvalue weighted by molar-refractivity contribution is -0.0266. The normalized spacial score (nSPS) is 18.9. The number of fused-ring (bicyclic) bond motifs is 2. The number of ether oxygens (including phenoxy) is 1. The molecular weight excluding hydrogens is 452 g/mol. The van der Waals surface area contributed by atoms with E-state index in [1.54, 1.807) is 0 Å². The minimum Gasteiger partial charge on any atom is -0.508 e. The van der Waals surface area contributed by atoms with Crippen LogP contribution >= 0.6 is 0 Å². The Balaban J connectivity index is 1.31. The minimum atomic E-state index is -0.481. The predicted octanol–water partition coefficient (Wildman–Crippen LogP) is 5.33. The molecule has 1 spiro atoms. The van der Waals surface area contributed by atoms with Crippen LogP contribution in [-0.2, 0) is 17.6 Å². The summed E-state index contributed by atoms with van der Waals surface area (Å²) < 4.78 is 5.56. The third-order valence-electron chi connectivity index (χ3n) is 7.70. The first-order chi connectivity index (χ1) is 17.2. The zero-order valence-corrected chi connectivity index (χ0v) is 21.4. The van der Waals surface area contributed by atoms with Gasteiger partial charge in [0.15, 0.2) is 0 Å². The maximum atomic E-state index is 12.5. The van der Waals surface area contributed by atoms with Crippen LogP contribution in [0.1, 0.15) is 51.3 Å². The van der Waals surface area contributed by atoms with Gasteiger partial charge in [0.25, 0.3) is 0 Å². The number of rotatable bonds is 2. The number of phenols is 1. The van der Waals surface area contributed by atoms with E-state index in [9.17, 15) is 9.90 Å². The van der Waals surface area contributed by atoms with Crippen LogP contribution in [0.3, 0.4) is 0 Å². The Morgan fingerprint density at radius 3 is 2.64 bits per heavy atom. The summed E-state index contributed by atoms with van der Waals surface area (Å²) >= 11 is 0. The number of likely N-dealkylation sites (tertiary alicyclic amines) is 1. The second kappa shape index (κ2) is 8.36. The fourth-order valence-corrected chi connectivity index (χ4v) is 6.02. The van der Waals surface area contributed by atoms with E-state index in [-0.39, 0.29) is 17.3 Å². The fraction of sp³-hybridized carbons (Fsp3) is 0.483. The quantitative estimate of drug-likeness (QED) is 0.528. The van der Waals surface area contributed by atoms with Gasteiger partial charge >= 0.3 is 6.09 Å². The van der Waals surface area contributed by atoms with Gasteiger partial charge in [-0.05, 0) is 75.8 Å². The van der Waals surface area contributed by atoms with Crippen LogP contribution in [0, 0.1) is 5.41 Å². The maximum Gasteiger partial charge on any atom is 0.410 e. The van der Waals surface area contributed by atoms with Gasteiger partial charge in [-0.15, -0.1) is 0 Å². The minimum absolute atomic E-state index is 0.0774. The van der Waals surface area contributed by atoms with Crippen LogP contribution in [-0.4, -0.2) is 57.8 Å². The molecule has 6 rings (SSSR count). The molecule has 1 aromatic heterocycles. The summed E-state index contributed by atoms with van der Waals surface area (Å²) in [7, 11) is 0. The van der Waals surface area contributed by atoms with Crippen molar-refractivity contribution in [2.45, 2.75) is 58.5 Å². The summed E-state index contributed by atoms with van der Waals surface area (Å²) in [6.07, 6.45) is 4.97. The van der Waals surface area contributed by atoms with Gasteiger partial charge in [-0.3, -0.25) is 0 Å². The van der Waals surface area contributed by atoms with Crippen molar-refractivity contribution in [2.75, 3.05) is 31.1 Å². The van der Waals surface area contributed by atoms with Gasteiger partial charge in [-0.2, -0.15) is 0 Å². The zero-order valence-electron chi connectivity index (χ0n) is 21.4. The van der Waals surface area contributed by atoms with Crippen molar-refractivity contribution in [1.82, 2.24) is 14.9 Å². The van der Waals surface area contributed by atoms with Gasteiger partial charge in [0.05, 0.1) is 5.69 Å². The summed E-state index contributed by atoms with van der Waals surface area (Å²) in [5.41, 5.74) is 3.87. The number of amides is 1. The van der Waals surface area contributed by atoms with Gasteiger partial charge < -0.3 is 19.6 Å². The van der Waals surface area contributed by atoms with Crippen LogP contribution < -0.4 is 4.90 Å². The Hall–Kier alpha value is -3.35. The number of hydrogen-bond donors (Lipinski definition) is 1. The molecular formula is C29H34N4O3. The number of hydrogen-bond acceptors (Lipinski definition) is 6. The Morgan fingerprint density at radius 2 is 1.83 bits per heavy atom. The highest BCUT2D eigenvalue weighted by Crippen LogP contribution is 2.43. The third-order valence-corrected chi connectivity index (χ3v) is 7.70. The van der Waals surface area contributed by atoms with Crippen molar-refractivity contribution in [1.29, 1.82) is 0 Å². The molecule has 0 unspecified atom stereocenters. The molecule has 1 N–H and O–H groups in total. The molecule has 0 saturated carbocycles. The average molecular weight is 487 g/mol. The molecule has 1 aliphatic carbocycles. The molecule has 36 heavy (non-hydrogen) atoms. The smallest absolute Gasteiger partial charge is 0.410 e. The lowest BCUT2D eigenvalue weighted by atomic mass is 9.79. The molecule has 2 fully saturated rings. The van der Waals surface area contributed by atoms with Gasteiger partial charge in [-0.1, -0.05) is 24.3 Å². The lowest BCUT2D eigenvalue weighted by Gasteiger charge is -2.47. The summed E-state index contributed by atoms with van der Waals surface area (Å²) in [6.45, 7) is 8.85. The van der Waals surface area contributed by atoms with Crippen LogP contribution in [0.5, 0.6) is 5.75 Å². The van der Waals surface area contributed by atoms with E-state index in [0.29, 0.717) is 13.1 Å². The Kier molecular flexibility index (Phi) is 5.36. The second-order valence-electron chi connectivity index (χ2n) is 11.7. The fourth-order valence-electron chi connectivity index (χ4n) is 6.02. The number of aromatic hydroxyl groups is 1. The standard InChI is InChI=1S/C29H34N4O3/c1-28(2,3)36-27(35)33-17-29(18-33)12-13-32(16-29)26-30-24-11-7-6-10-22(24)25(31-26)23-15-20(34)14-19-8-4-5-9-21(19)23/h4-5,8-9,14-15,34H,6-7,10-13,16-18H2,1-3H3. The van der Waals surface area contributed by atoms with E-state index in [4.69, 9.17) is 14.7 Å². The van der Waals surface area contributed by atoms with Crippen molar-refractivity contribution in [3.05, 3.63) is 47.7 Å². The summed E-state index contributed by atoms with van der Waals surface area (Å²) in [5, 5.41) is 12.6. The molecule has 2 aliphatic heterocycles. The Bertz CT molecular complexity index is 1340. The third kappa shape index (κ3) is 4.14. The first kappa shape index (κ1) is 23.1. The molecule has 2 aromatic carbocycles. The summed E-state index contributed by atoms with van der Waals surface area (Å²) in [5.74, 6) is 1.02. The first-order valence-corrected chi connectivity index (χ1v) is 13.0. The Morgan fingerprint density at radius 1 is 1.06 bits per heavy atom. The van der Waals surface area contributed by atoms with Gasteiger partial charge in [-0.25, -0.2) is 14.8 Å². The molecule has 3 aliphatic rings. The molecule has 7 nitrogen and oxygen atoms in total. The monoisotopic (exact) mass is 486 g/mol. The number of nitrogens with zero attached hydrogens (tertiary/aromatic N) is 4. The van der Waals surface area contributed by atoms with Gasteiger partial charge in [0.1, 0.15) is 11.4 Å². The molecule has 0 radical (unpaired) electrons. The van der Waals surface area contributed by atoms with Crippen molar-refractivity contribution >= 4 is 22.8 Å². The number of carbonyl (C=O) groups excluding carboxylic acids is 1. The van der Waals surface area contributed by atoms with Gasteiger partial charge in [0.2, 0.25) is 5.95 Å². The largest absolute Gasteiger partial charge is 0.508 e. The van der Waals surface area contributed by atoms with Crippen LogP contribution in [0.4, 0.5) is 10.7 Å². The summed E-state index contributed by atoms with van der Waals surface area (Å²) in [6, 6.07) is 11.8. The lowest BCUT2D eigenvalue weighted by Crippen LogP contribution is -2.60. The number of carbonyl (C=O) groups is 1. The van der Waals surface area contributed by atoms with Crippen molar-refractivity contribution in [3.63, 3.8) is 0 Å². The van der Waals surface area contributed by atoms with Crippen LogP contribution in [0.2, 0.25) is 0 Å². The SMILES string of the molecule is CC(C)(C)OC(=O)N1CC2(CCN(c3nc4c(c(-c5cc(O)cc6ccccc56)n3)CCCC4)C2)C1. The van der Waals surface area contributed by atoms with E-state index < -0.39 is 5.60 Å². The topological polar surface area (TPSA) is 78.8 Å². The molecule has 3 heterocycles. The Labute approximate surface area is 212 Å². The van der Waals surface area contributed by atoms with E-state index in [1.807, 2.05) is 56.0 Å². The van der Waals surface area contributed by atoms with E-state index in [2.05, 4.69) is 11.0 Å². The summed E-state index contributed by atoms with van der Waals surface area (Å²) in [4.78, 5) is 26.8. The molecule has 0 bridgehead atoms. The van der Waals surface area contributed by atoms with Crippen molar-refractivity contribution in [3.8, 4) is 17.0 Å². The zero-order chi connectivity index (χ0) is 25.1. The predicted molar refractivity (Wildman–Crippen MR) is 140 cm³/mol. The maximum absolute atomic E-state index is 12.5. The van der Waals surface area contributed by atoms with Gasteiger partial charge in [0, 0.05) is 48.4 Å². The van der Waals surface area contributed by atoms with E-state index in [1.165, 1.54) is 5.56 Å². The van der Waals surface area contributed by atoms with Crippen LogP contribution in [0.25, 0.3) is 22.0 Å². The van der Waals surface area contributed by atoms with Crippen LogP contribution in [0.15, 0.2) is 36.4 Å². The first-order valence-electron chi connectivity index (χ1n) is 13.0. The molecule has 3 aromatic rings. The van der Waals surface area contributed by atoms with E-state index >= 15 is 0 Å². The number of anilines is 1. The van der Waals surface area contributed by atoms with Crippen molar-refractivity contribution in [2.24, 2.45) is 5.41 Å². The van der Waals surface area contributed by atoms with Crippen molar-refractivity contribution < 1.29 is 14.6 Å². The molecule has 1 amide bonds. The number of phenolic OH excluding ortho intramolecular Hbond substituents is 1. The number of aromatic nitrogens is 2. The second-order valence-corrected chi connectivity index (χ2v) is 11.7. The highest BCUT2D eigenvalue weighted by molar-refractivity contribution is 5.98. The highest BCUT2D eigenvalue weighted by atomic mass is 16.6. The molecule has 0 atom stereocenters. The molecule has 2 saturated heterocycles. The van der Waals surface area contributed by atoms with E-state index in [0.717, 1.165) is 78.9 Å².